The van der Waals surface area contributed by atoms with E-state index < -0.39 is 12.0 Å². The lowest BCUT2D eigenvalue weighted by atomic mass is 9.91. The first kappa shape index (κ1) is 27.6. The molecule has 206 valence electrons. The molecule has 0 spiro atoms. The summed E-state index contributed by atoms with van der Waals surface area (Å²) in [6.07, 6.45) is 0.623. The van der Waals surface area contributed by atoms with Gasteiger partial charge in [0.15, 0.2) is 23.0 Å². The summed E-state index contributed by atoms with van der Waals surface area (Å²) < 4.78 is 33.3. The molecular weight excluding hydrogens is 502 g/mol. The molecule has 1 atom stereocenters. The minimum atomic E-state index is -0.443. The fraction of sp³-hybridized carbons (Fsp3) is 0.333. The maximum Gasteiger partial charge on any atom is 0.338 e. The highest BCUT2D eigenvalue weighted by atomic mass is 16.5. The Hall–Kier alpha value is -4.40. The van der Waals surface area contributed by atoms with E-state index in [1.165, 1.54) is 14.2 Å². The van der Waals surface area contributed by atoms with Gasteiger partial charge in [0.25, 0.3) is 5.91 Å². The number of esters is 1. The second kappa shape index (κ2) is 12.4. The molecule has 9 heteroatoms. The molecule has 0 fully saturated rings. The molecule has 39 heavy (non-hydrogen) atoms. The third-order valence-electron chi connectivity index (χ3n) is 6.67. The van der Waals surface area contributed by atoms with Crippen LogP contribution in [0.3, 0.4) is 0 Å². The summed E-state index contributed by atoms with van der Waals surface area (Å²) in [6, 6.07) is 15.4. The van der Waals surface area contributed by atoms with Gasteiger partial charge >= 0.3 is 5.97 Å². The summed E-state index contributed by atoms with van der Waals surface area (Å²) in [5.74, 6) is 1.99. The number of carbonyl (C=O) groups excluding carboxylic acids is 2. The van der Waals surface area contributed by atoms with Gasteiger partial charge in [-0.25, -0.2) is 4.79 Å². The van der Waals surface area contributed by atoms with E-state index in [-0.39, 0.29) is 12.5 Å². The summed E-state index contributed by atoms with van der Waals surface area (Å²) >= 11 is 0. The SMILES string of the molecule is CCOC(=O)c1ccc(OC[C@H]2c3cc(OC)c(OC)cc3CCN2C(=O)c2cccc(OC)c2OC)cc1. The number of ether oxygens (including phenoxy) is 6. The summed E-state index contributed by atoms with van der Waals surface area (Å²) in [5.41, 5.74) is 2.77. The van der Waals surface area contributed by atoms with E-state index in [0.717, 1.165) is 11.1 Å². The van der Waals surface area contributed by atoms with E-state index in [2.05, 4.69) is 0 Å². The Balaban J connectivity index is 1.69. The number of benzene rings is 3. The molecule has 9 nitrogen and oxygen atoms in total. The van der Waals surface area contributed by atoms with Crippen LogP contribution in [-0.2, 0) is 11.2 Å². The van der Waals surface area contributed by atoms with Gasteiger partial charge in [-0.2, -0.15) is 0 Å². The summed E-state index contributed by atoms with van der Waals surface area (Å²) in [7, 11) is 6.22. The van der Waals surface area contributed by atoms with E-state index in [4.69, 9.17) is 28.4 Å². The lowest BCUT2D eigenvalue weighted by molar-refractivity contribution is 0.0524. The average molecular weight is 536 g/mol. The van der Waals surface area contributed by atoms with E-state index in [0.29, 0.717) is 59.4 Å². The molecule has 1 aliphatic heterocycles. The van der Waals surface area contributed by atoms with E-state index in [1.54, 1.807) is 68.5 Å². The first-order valence-electron chi connectivity index (χ1n) is 12.6. The average Bonchev–Trinajstić information content (AvgIpc) is 2.98. The van der Waals surface area contributed by atoms with Gasteiger partial charge in [0.1, 0.15) is 12.4 Å². The van der Waals surface area contributed by atoms with Crippen molar-refractivity contribution < 1.29 is 38.0 Å². The molecule has 0 unspecified atom stereocenters. The van der Waals surface area contributed by atoms with Crippen LogP contribution in [-0.4, -0.2) is 65.0 Å². The Bertz CT molecular complexity index is 1320. The highest BCUT2D eigenvalue weighted by Gasteiger charge is 2.35. The molecule has 0 N–H and O–H groups in total. The van der Waals surface area contributed by atoms with Crippen molar-refractivity contribution in [3.8, 4) is 28.7 Å². The van der Waals surface area contributed by atoms with Crippen molar-refractivity contribution in [3.05, 3.63) is 76.9 Å². The minimum absolute atomic E-state index is 0.166. The van der Waals surface area contributed by atoms with E-state index >= 15 is 0 Å². The van der Waals surface area contributed by atoms with Gasteiger partial charge in [-0.3, -0.25) is 4.79 Å². The number of rotatable bonds is 10. The fourth-order valence-electron chi connectivity index (χ4n) is 4.74. The Kier molecular flexibility index (Phi) is 8.81. The molecule has 0 saturated carbocycles. The number of para-hydroxylation sites is 1. The zero-order chi connectivity index (χ0) is 27.9. The standard InChI is InChI=1S/C30H33NO8/c1-6-38-30(33)19-10-12-21(13-11-19)39-18-24-23-17-27(36-4)26(35-3)16-20(23)14-15-31(24)29(32)22-8-7-9-25(34-2)28(22)37-5/h7-13,16-17,24H,6,14-15,18H2,1-5H3/t24-/m0/s1. The van der Waals surface area contributed by atoms with Crippen LogP contribution in [0.4, 0.5) is 0 Å². The van der Waals surface area contributed by atoms with Gasteiger partial charge in [-0.05, 0) is 73.0 Å². The predicted molar refractivity (Wildman–Crippen MR) is 144 cm³/mol. The molecule has 1 heterocycles. The lowest BCUT2D eigenvalue weighted by Gasteiger charge is -2.38. The maximum atomic E-state index is 14.0. The number of nitrogens with zero attached hydrogens (tertiary/aromatic N) is 1. The van der Waals surface area contributed by atoms with Crippen LogP contribution in [0.1, 0.15) is 44.8 Å². The van der Waals surface area contributed by atoms with Crippen LogP contribution in [0.15, 0.2) is 54.6 Å². The zero-order valence-corrected chi connectivity index (χ0v) is 22.8. The Morgan fingerprint density at radius 1 is 0.872 bits per heavy atom. The van der Waals surface area contributed by atoms with Gasteiger partial charge in [-0.15, -0.1) is 0 Å². The number of amides is 1. The summed E-state index contributed by atoms with van der Waals surface area (Å²) in [6.45, 7) is 2.68. The van der Waals surface area contributed by atoms with E-state index in [9.17, 15) is 9.59 Å². The topological polar surface area (TPSA) is 92.8 Å². The molecule has 0 aromatic heterocycles. The van der Waals surface area contributed by atoms with Crippen LogP contribution in [0.25, 0.3) is 0 Å². The number of fused-ring (bicyclic) bond motifs is 1. The second-order valence-electron chi connectivity index (χ2n) is 8.77. The maximum absolute atomic E-state index is 14.0. The molecule has 0 saturated heterocycles. The Morgan fingerprint density at radius 2 is 1.56 bits per heavy atom. The van der Waals surface area contributed by atoms with Crippen molar-refractivity contribution in [2.75, 3.05) is 48.2 Å². The second-order valence-corrected chi connectivity index (χ2v) is 8.77. The number of hydrogen-bond donors (Lipinski definition) is 0. The zero-order valence-electron chi connectivity index (χ0n) is 22.8. The quantitative estimate of drug-likeness (QED) is 0.345. The summed E-state index contributed by atoms with van der Waals surface area (Å²) in [5, 5.41) is 0. The lowest BCUT2D eigenvalue weighted by Crippen LogP contribution is -2.42. The largest absolute Gasteiger partial charge is 0.493 e. The van der Waals surface area contributed by atoms with Crippen LogP contribution >= 0.6 is 0 Å². The molecule has 0 radical (unpaired) electrons. The molecule has 1 amide bonds. The van der Waals surface area contributed by atoms with Crippen molar-refractivity contribution in [2.45, 2.75) is 19.4 Å². The van der Waals surface area contributed by atoms with Gasteiger partial charge in [-0.1, -0.05) is 6.07 Å². The molecule has 4 rings (SSSR count). The van der Waals surface area contributed by atoms with Crippen LogP contribution in [0, 0.1) is 0 Å². The van der Waals surface area contributed by atoms with Gasteiger partial charge in [0.2, 0.25) is 0 Å². The molecule has 3 aromatic rings. The molecule has 3 aromatic carbocycles. The van der Waals surface area contributed by atoms with Gasteiger partial charge in [0.05, 0.1) is 52.2 Å². The number of methoxy groups -OCH3 is 4. The first-order valence-corrected chi connectivity index (χ1v) is 12.6. The monoisotopic (exact) mass is 535 g/mol. The smallest absolute Gasteiger partial charge is 0.338 e. The van der Waals surface area contributed by atoms with Crippen LogP contribution in [0.5, 0.6) is 28.7 Å². The molecular formula is C30H33NO8. The third kappa shape index (κ3) is 5.72. The Morgan fingerprint density at radius 3 is 2.21 bits per heavy atom. The first-order chi connectivity index (χ1) is 18.9. The molecule has 0 bridgehead atoms. The van der Waals surface area contributed by atoms with Crippen LogP contribution < -0.4 is 23.7 Å². The number of carbonyl (C=O) groups is 2. The van der Waals surface area contributed by atoms with Crippen LogP contribution in [0.2, 0.25) is 0 Å². The highest BCUT2D eigenvalue weighted by Crippen LogP contribution is 2.40. The molecule has 0 aliphatic carbocycles. The van der Waals surface area contributed by atoms with Crippen molar-refractivity contribution in [1.29, 1.82) is 0 Å². The van der Waals surface area contributed by atoms with Crippen molar-refractivity contribution >= 4 is 11.9 Å². The minimum Gasteiger partial charge on any atom is -0.493 e. The Labute approximate surface area is 228 Å². The number of hydrogen-bond acceptors (Lipinski definition) is 8. The van der Waals surface area contributed by atoms with Crippen molar-refractivity contribution in [3.63, 3.8) is 0 Å². The van der Waals surface area contributed by atoms with Gasteiger partial charge in [0, 0.05) is 6.54 Å². The predicted octanol–water partition coefficient (Wildman–Crippen LogP) is 4.72. The normalized spacial score (nSPS) is 14.2. The fourth-order valence-corrected chi connectivity index (χ4v) is 4.74. The third-order valence-corrected chi connectivity index (χ3v) is 6.67. The van der Waals surface area contributed by atoms with Crippen molar-refractivity contribution in [2.24, 2.45) is 0 Å². The summed E-state index contributed by atoms with van der Waals surface area (Å²) in [4.78, 5) is 27.8. The molecule has 1 aliphatic rings. The highest BCUT2D eigenvalue weighted by molar-refractivity contribution is 5.98. The van der Waals surface area contributed by atoms with Gasteiger partial charge < -0.3 is 33.3 Å². The van der Waals surface area contributed by atoms with E-state index in [1.807, 2.05) is 12.1 Å². The van der Waals surface area contributed by atoms with Crippen molar-refractivity contribution in [1.82, 2.24) is 4.90 Å².